The van der Waals surface area contributed by atoms with Gasteiger partial charge in [0.05, 0.1) is 11.8 Å². The molecule has 1 saturated carbocycles. The van der Waals surface area contributed by atoms with Gasteiger partial charge in [0.1, 0.15) is 0 Å². The lowest BCUT2D eigenvalue weighted by molar-refractivity contribution is -0.147. The molecule has 0 unspecified atom stereocenters. The number of amides is 1. The van der Waals surface area contributed by atoms with E-state index in [1.165, 1.54) is 11.3 Å². The number of aromatic nitrogens is 1. The van der Waals surface area contributed by atoms with Gasteiger partial charge in [-0.25, -0.2) is 4.98 Å². The second kappa shape index (κ2) is 5.27. The van der Waals surface area contributed by atoms with Gasteiger partial charge in [0.25, 0.3) is 0 Å². The topological polar surface area (TPSA) is 79.3 Å². The number of hydrogen-bond acceptors (Lipinski definition) is 4. The third-order valence-corrected chi connectivity index (χ3v) is 3.77. The van der Waals surface area contributed by atoms with E-state index < -0.39 is 17.8 Å². The molecule has 0 spiro atoms. The molecule has 5 nitrogen and oxygen atoms in total. The van der Waals surface area contributed by atoms with Crippen molar-refractivity contribution < 1.29 is 14.7 Å². The van der Waals surface area contributed by atoms with E-state index in [-0.39, 0.29) is 5.91 Å². The zero-order valence-corrected chi connectivity index (χ0v) is 10.1. The van der Waals surface area contributed by atoms with Crippen LogP contribution in [-0.4, -0.2) is 22.0 Å². The van der Waals surface area contributed by atoms with Gasteiger partial charge < -0.3 is 10.4 Å². The first-order chi connectivity index (χ1) is 8.18. The predicted molar refractivity (Wildman–Crippen MR) is 63.8 cm³/mol. The van der Waals surface area contributed by atoms with Gasteiger partial charge in [0.2, 0.25) is 5.91 Å². The van der Waals surface area contributed by atoms with Crippen molar-refractivity contribution in [3.8, 4) is 0 Å². The van der Waals surface area contributed by atoms with Gasteiger partial charge in [0.15, 0.2) is 5.13 Å². The van der Waals surface area contributed by atoms with Gasteiger partial charge in [-0.1, -0.05) is 12.8 Å². The lowest BCUT2D eigenvalue weighted by atomic mass is 9.79. The molecular weight excluding hydrogens is 240 g/mol. The molecule has 2 N–H and O–H groups in total. The number of carbonyl (C=O) groups excluding carboxylic acids is 1. The summed E-state index contributed by atoms with van der Waals surface area (Å²) < 4.78 is 0. The smallest absolute Gasteiger partial charge is 0.307 e. The van der Waals surface area contributed by atoms with E-state index >= 15 is 0 Å². The van der Waals surface area contributed by atoms with E-state index in [1.807, 2.05) is 0 Å². The number of carboxylic acid groups (broad SMARTS) is 1. The quantitative estimate of drug-likeness (QED) is 0.864. The van der Waals surface area contributed by atoms with Crippen LogP contribution >= 0.6 is 11.3 Å². The normalized spacial score (nSPS) is 24.2. The zero-order chi connectivity index (χ0) is 12.3. The monoisotopic (exact) mass is 254 g/mol. The van der Waals surface area contributed by atoms with Crippen LogP contribution in [-0.2, 0) is 9.59 Å². The summed E-state index contributed by atoms with van der Waals surface area (Å²) in [6, 6.07) is 0. The molecule has 1 aliphatic carbocycles. The van der Waals surface area contributed by atoms with Crippen molar-refractivity contribution in [2.75, 3.05) is 5.32 Å². The Labute approximate surface area is 103 Å². The molecule has 0 saturated heterocycles. The lowest BCUT2D eigenvalue weighted by Crippen LogP contribution is -2.36. The molecule has 92 valence electrons. The summed E-state index contributed by atoms with van der Waals surface area (Å²) >= 11 is 1.33. The average Bonchev–Trinajstić information content (AvgIpc) is 2.81. The van der Waals surface area contributed by atoms with E-state index in [2.05, 4.69) is 10.3 Å². The molecule has 1 fully saturated rings. The number of nitrogens with zero attached hydrogens (tertiary/aromatic N) is 1. The van der Waals surface area contributed by atoms with E-state index in [9.17, 15) is 9.59 Å². The summed E-state index contributed by atoms with van der Waals surface area (Å²) in [7, 11) is 0. The number of rotatable bonds is 3. The van der Waals surface area contributed by atoms with Crippen LogP contribution in [0.2, 0.25) is 0 Å². The van der Waals surface area contributed by atoms with E-state index in [1.54, 1.807) is 11.6 Å². The molecule has 1 amide bonds. The van der Waals surface area contributed by atoms with Crippen LogP contribution in [0.5, 0.6) is 0 Å². The Morgan fingerprint density at radius 1 is 1.35 bits per heavy atom. The molecule has 2 atom stereocenters. The van der Waals surface area contributed by atoms with Crippen molar-refractivity contribution >= 4 is 28.3 Å². The molecule has 2 rings (SSSR count). The van der Waals surface area contributed by atoms with Crippen molar-refractivity contribution in [1.82, 2.24) is 4.98 Å². The van der Waals surface area contributed by atoms with Gasteiger partial charge in [0, 0.05) is 11.6 Å². The Morgan fingerprint density at radius 3 is 2.65 bits per heavy atom. The Morgan fingerprint density at radius 2 is 2.06 bits per heavy atom. The second-order valence-electron chi connectivity index (χ2n) is 4.16. The van der Waals surface area contributed by atoms with Crippen molar-refractivity contribution in [1.29, 1.82) is 0 Å². The van der Waals surface area contributed by atoms with Crippen LogP contribution < -0.4 is 5.32 Å². The fourth-order valence-electron chi connectivity index (χ4n) is 2.22. The highest BCUT2D eigenvalue weighted by Crippen LogP contribution is 2.31. The lowest BCUT2D eigenvalue weighted by Gasteiger charge is -2.26. The molecule has 6 heteroatoms. The number of anilines is 1. The minimum absolute atomic E-state index is 0.216. The summed E-state index contributed by atoms with van der Waals surface area (Å²) in [5, 5.41) is 14.1. The van der Waals surface area contributed by atoms with Crippen LogP contribution in [0.1, 0.15) is 25.7 Å². The van der Waals surface area contributed by atoms with Crippen LogP contribution in [0.4, 0.5) is 5.13 Å². The summed E-state index contributed by atoms with van der Waals surface area (Å²) in [4.78, 5) is 27.0. The summed E-state index contributed by atoms with van der Waals surface area (Å²) in [5.74, 6) is -2.06. The van der Waals surface area contributed by atoms with Gasteiger partial charge in [-0.2, -0.15) is 0 Å². The van der Waals surface area contributed by atoms with Crippen LogP contribution in [0.3, 0.4) is 0 Å². The maximum atomic E-state index is 12.0. The molecule has 1 aliphatic rings. The number of carboxylic acids is 1. The third-order valence-electron chi connectivity index (χ3n) is 3.08. The standard InChI is InChI=1S/C11H14N2O3S/c14-9(13-11-12-5-6-17-11)7-3-1-2-4-8(7)10(15)16/h5-8H,1-4H2,(H,15,16)(H,12,13,14)/t7-,8+/m1/s1. The number of nitrogens with one attached hydrogen (secondary N) is 1. The largest absolute Gasteiger partial charge is 0.481 e. The molecule has 1 heterocycles. The number of aliphatic carboxylic acids is 1. The number of thiazole rings is 1. The van der Waals surface area contributed by atoms with Gasteiger partial charge in [-0.05, 0) is 12.8 Å². The minimum atomic E-state index is -0.871. The molecule has 1 aromatic rings. The van der Waals surface area contributed by atoms with Crippen molar-refractivity contribution in [3.63, 3.8) is 0 Å². The highest BCUT2D eigenvalue weighted by atomic mass is 32.1. The summed E-state index contributed by atoms with van der Waals surface area (Å²) in [5.41, 5.74) is 0. The van der Waals surface area contributed by atoms with Crippen molar-refractivity contribution in [2.45, 2.75) is 25.7 Å². The Hall–Kier alpha value is -1.43. The molecular formula is C11H14N2O3S. The first-order valence-corrected chi connectivity index (χ1v) is 6.49. The van der Waals surface area contributed by atoms with E-state index in [0.29, 0.717) is 18.0 Å². The molecule has 0 bridgehead atoms. The van der Waals surface area contributed by atoms with Crippen molar-refractivity contribution in [3.05, 3.63) is 11.6 Å². The van der Waals surface area contributed by atoms with Gasteiger partial charge >= 0.3 is 5.97 Å². The first kappa shape index (κ1) is 12.0. The number of hydrogen-bond donors (Lipinski definition) is 2. The highest BCUT2D eigenvalue weighted by Gasteiger charge is 2.35. The van der Waals surface area contributed by atoms with E-state index in [0.717, 1.165) is 12.8 Å². The fourth-order valence-corrected chi connectivity index (χ4v) is 2.76. The number of carbonyl (C=O) groups is 2. The SMILES string of the molecule is O=C(O)[C@H]1CCCC[C@H]1C(=O)Nc1nccs1. The molecule has 1 aromatic heterocycles. The summed E-state index contributed by atoms with van der Waals surface area (Å²) in [6.45, 7) is 0. The summed E-state index contributed by atoms with van der Waals surface area (Å²) in [6.07, 6.45) is 4.65. The molecule has 17 heavy (non-hydrogen) atoms. The van der Waals surface area contributed by atoms with Crippen LogP contribution in [0, 0.1) is 11.8 Å². The van der Waals surface area contributed by atoms with Gasteiger partial charge in [-0.3, -0.25) is 9.59 Å². The Bertz CT molecular complexity index is 405. The van der Waals surface area contributed by atoms with Crippen molar-refractivity contribution in [2.24, 2.45) is 11.8 Å². The Kier molecular flexibility index (Phi) is 3.73. The highest BCUT2D eigenvalue weighted by molar-refractivity contribution is 7.13. The molecule has 0 aliphatic heterocycles. The predicted octanol–water partition coefficient (Wildman–Crippen LogP) is 1.97. The second-order valence-corrected chi connectivity index (χ2v) is 5.06. The molecule has 0 aromatic carbocycles. The van der Waals surface area contributed by atoms with E-state index in [4.69, 9.17) is 5.11 Å². The third kappa shape index (κ3) is 2.82. The fraction of sp³-hybridized carbons (Fsp3) is 0.545. The first-order valence-electron chi connectivity index (χ1n) is 5.61. The zero-order valence-electron chi connectivity index (χ0n) is 9.26. The molecule has 0 radical (unpaired) electrons. The van der Waals surface area contributed by atoms with Gasteiger partial charge in [-0.15, -0.1) is 11.3 Å². The minimum Gasteiger partial charge on any atom is -0.481 e. The maximum absolute atomic E-state index is 12.0. The van der Waals surface area contributed by atoms with Crippen LogP contribution in [0.25, 0.3) is 0 Å². The average molecular weight is 254 g/mol. The van der Waals surface area contributed by atoms with Crippen LogP contribution in [0.15, 0.2) is 11.6 Å². The maximum Gasteiger partial charge on any atom is 0.307 e. The Balaban J connectivity index is 2.03.